The van der Waals surface area contributed by atoms with Crippen LogP contribution in [-0.4, -0.2) is 9.55 Å². The number of rotatable bonds is 3. The zero-order valence-corrected chi connectivity index (χ0v) is 9.10. The first kappa shape index (κ1) is 10.8. The molecule has 0 aliphatic carbocycles. The van der Waals surface area contributed by atoms with Crippen molar-refractivity contribution in [1.82, 2.24) is 9.55 Å². The molecule has 1 unspecified atom stereocenters. The maximum absolute atomic E-state index is 13.0. The highest BCUT2D eigenvalue weighted by Gasteiger charge is 2.10. The van der Waals surface area contributed by atoms with Gasteiger partial charge in [-0.3, -0.25) is 0 Å². The normalized spacial score (nSPS) is 12.7. The Kier molecular flexibility index (Phi) is 3.01. The van der Waals surface area contributed by atoms with Crippen LogP contribution in [-0.2, 0) is 13.5 Å². The molecule has 4 heteroatoms. The molecule has 16 heavy (non-hydrogen) atoms. The maximum atomic E-state index is 13.0. The second-order valence-electron chi connectivity index (χ2n) is 3.87. The van der Waals surface area contributed by atoms with E-state index in [4.69, 9.17) is 5.73 Å². The third-order valence-corrected chi connectivity index (χ3v) is 2.58. The van der Waals surface area contributed by atoms with Crippen LogP contribution >= 0.6 is 0 Å². The number of aryl methyl sites for hydroxylation is 1. The van der Waals surface area contributed by atoms with Crippen LogP contribution in [0.5, 0.6) is 0 Å². The van der Waals surface area contributed by atoms with Gasteiger partial charge in [0, 0.05) is 13.2 Å². The van der Waals surface area contributed by atoms with Crippen molar-refractivity contribution in [3.05, 3.63) is 53.9 Å². The summed E-state index contributed by atoms with van der Waals surface area (Å²) in [6.45, 7) is 0. The maximum Gasteiger partial charge on any atom is 0.123 e. The fourth-order valence-electron chi connectivity index (χ4n) is 1.75. The molecular formula is C12H14FN3. The molecule has 0 bridgehead atoms. The third-order valence-electron chi connectivity index (χ3n) is 2.58. The fraction of sp³-hybridized carbons (Fsp3) is 0.250. The minimum Gasteiger partial charge on any atom is -0.336 e. The van der Waals surface area contributed by atoms with Crippen molar-refractivity contribution in [1.29, 1.82) is 0 Å². The number of aromatic nitrogens is 2. The molecule has 0 saturated heterocycles. The second-order valence-corrected chi connectivity index (χ2v) is 3.87. The van der Waals surface area contributed by atoms with Gasteiger partial charge in [-0.05, 0) is 24.1 Å². The summed E-state index contributed by atoms with van der Waals surface area (Å²) in [5, 5.41) is 0. The lowest BCUT2D eigenvalue weighted by Gasteiger charge is -2.12. The molecule has 2 rings (SSSR count). The van der Waals surface area contributed by atoms with Gasteiger partial charge in [0.15, 0.2) is 0 Å². The predicted octanol–water partition coefficient (Wildman–Crippen LogP) is 1.80. The van der Waals surface area contributed by atoms with Gasteiger partial charge in [0.1, 0.15) is 5.82 Å². The number of hydrogen-bond acceptors (Lipinski definition) is 2. The first-order chi connectivity index (χ1) is 7.66. The Morgan fingerprint density at radius 2 is 2.31 bits per heavy atom. The molecule has 3 nitrogen and oxygen atoms in total. The van der Waals surface area contributed by atoms with Crippen LogP contribution in [0.15, 0.2) is 36.8 Å². The summed E-state index contributed by atoms with van der Waals surface area (Å²) in [7, 11) is 1.90. The van der Waals surface area contributed by atoms with Crippen molar-refractivity contribution in [3.8, 4) is 0 Å². The molecule has 1 heterocycles. The van der Waals surface area contributed by atoms with E-state index in [2.05, 4.69) is 4.98 Å². The van der Waals surface area contributed by atoms with Crippen LogP contribution < -0.4 is 5.73 Å². The van der Waals surface area contributed by atoms with Gasteiger partial charge < -0.3 is 10.3 Å². The molecule has 0 fully saturated rings. The van der Waals surface area contributed by atoms with Gasteiger partial charge in [0.25, 0.3) is 0 Å². The highest BCUT2D eigenvalue weighted by molar-refractivity contribution is 5.19. The highest BCUT2D eigenvalue weighted by Crippen LogP contribution is 2.15. The quantitative estimate of drug-likeness (QED) is 0.855. The summed E-state index contributed by atoms with van der Waals surface area (Å²) in [5.74, 6) is -0.227. The number of halogens is 1. The predicted molar refractivity (Wildman–Crippen MR) is 60.2 cm³/mol. The van der Waals surface area contributed by atoms with Crippen LogP contribution in [0.4, 0.5) is 4.39 Å². The number of nitrogens with zero attached hydrogens (tertiary/aromatic N) is 2. The lowest BCUT2D eigenvalue weighted by atomic mass is 10.0. The van der Waals surface area contributed by atoms with Gasteiger partial charge in [0.2, 0.25) is 0 Å². The van der Waals surface area contributed by atoms with Crippen LogP contribution in [0.3, 0.4) is 0 Å². The minimum atomic E-state index is -0.227. The molecule has 0 spiro atoms. The molecule has 0 amide bonds. The van der Waals surface area contributed by atoms with Crippen molar-refractivity contribution in [2.45, 2.75) is 12.5 Å². The minimum absolute atomic E-state index is 0.158. The Morgan fingerprint density at radius 3 is 2.94 bits per heavy atom. The number of nitrogens with two attached hydrogens (primary N) is 1. The summed E-state index contributed by atoms with van der Waals surface area (Å²) in [4.78, 5) is 4.01. The Balaban J connectivity index is 2.14. The van der Waals surface area contributed by atoms with Crippen LogP contribution in [0.25, 0.3) is 0 Å². The average Bonchev–Trinajstić information content (AvgIpc) is 2.64. The standard InChI is InChI=1S/C12H14FN3/c1-16-8-15-7-12(16)11(14)6-9-3-2-4-10(13)5-9/h2-5,7-8,11H,6,14H2,1H3. The SMILES string of the molecule is Cn1cncc1C(N)Cc1cccc(F)c1. The van der Waals surface area contributed by atoms with Crippen molar-refractivity contribution in [2.24, 2.45) is 12.8 Å². The summed E-state index contributed by atoms with van der Waals surface area (Å²) < 4.78 is 14.9. The van der Waals surface area contributed by atoms with E-state index in [1.807, 2.05) is 17.7 Å². The summed E-state index contributed by atoms with van der Waals surface area (Å²) >= 11 is 0. The van der Waals surface area contributed by atoms with Crippen molar-refractivity contribution < 1.29 is 4.39 Å². The molecule has 1 aromatic carbocycles. The van der Waals surface area contributed by atoms with E-state index in [-0.39, 0.29) is 11.9 Å². The molecule has 84 valence electrons. The van der Waals surface area contributed by atoms with Crippen LogP contribution in [0, 0.1) is 5.82 Å². The monoisotopic (exact) mass is 219 g/mol. The number of benzene rings is 1. The van der Waals surface area contributed by atoms with Crippen LogP contribution in [0.1, 0.15) is 17.3 Å². The van der Waals surface area contributed by atoms with E-state index < -0.39 is 0 Å². The fourth-order valence-corrected chi connectivity index (χ4v) is 1.75. The third kappa shape index (κ3) is 2.28. The van der Waals surface area contributed by atoms with Crippen molar-refractivity contribution in [3.63, 3.8) is 0 Å². The van der Waals surface area contributed by atoms with Gasteiger partial charge in [-0.25, -0.2) is 9.37 Å². The molecule has 0 radical (unpaired) electrons. The Labute approximate surface area is 93.7 Å². The number of imidazole rings is 1. The first-order valence-electron chi connectivity index (χ1n) is 5.13. The van der Waals surface area contributed by atoms with E-state index in [0.29, 0.717) is 6.42 Å². The second kappa shape index (κ2) is 4.45. The van der Waals surface area contributed by atoms with Gasteiger partial charge in [-0.15, -0.1) is 0 Å². The smallest absolute Gasteiger partial charge is 0.123 e. The lowest BCUT2D eigenvalue weighted by molar-refractivity contribution is 0.617. The lowest BCUT2D eigenvalue weighted by Crippen LogP contribution is -2.16. The summed E-state index contributed by atoms with van der Waals surface area (Å²) in [5.41, 5.74) is 7.88. The molecule has 1 aromatic heterocycles. The molecular weight excluding hydrogens is 205 g/mol. The average molecular weight is 219 g/mol. The van der Waals surface area contributed by atoms with Crippen molar-refractivity contribution >= 4 is 0 Å². The summed E-state index contributed by atoms with van der Waals surface area (Å²) in [6.07, 6.45) is 4.06. The van der Waals surface area contributed by atoms with Gasteiger partial charge in [-0.1, -0.05) is 12.1 Å². The van der Waals surface area contributed by atoms with Gasteiger partial charge >= 0.3 is 0 Å². The summed E-state index contributed by atoms with van der Waals surface area (Å²) in [6, 6.07) is 6.35. The van der Waals surface area contributed by atoms with Gasteiger partial charge in [-0.2, -0.15) is 0 Å². The van der Waals surface area contributed by atoms with Crippen LogP contribution in [0.2, 0.25) is 0 Å². The Morgan fingerprint density at radius 1 is 1.50 bits per heavy atom. The molecule has 1 atom stereocenters. The topological polar surface area (TPSA) is 43.8 Å². The van der Waals surface area contributed by atoms with E-state index in [1.54, 1.807) is 18.6 Å². The van der Waals surface area contributed by atoms with E-state index in [1.165, 1.54) is 12.1 Å². The molecule has 0 aliphatic heterocycles. The zero-order valence-electron chi connectivity index (χ0n) is 9.10. The van der Waals surface area contributed by atoms with Gasteiger partial charge in [0.05, 0.1) is 18.1 Å². The highest BCUT2D eigenvalue weighted by atomic mass is 19.1. The molecule has 0 saturated carbocycles. The Hall–Kier alpha value is -1.68. The first-order valence-corrected chi connectivity index (χ1v) is 5.13. The van der Waals surface area contributed by atoms with E-state index in [0.717, 1.165) is 11.3 Å². The van der Waals surface area contributed by atoms with E-state index >= 15 is 0 Å². The molecule has 0 aliphatic rings. The van der Waals surface area contributed by atoms with E-state index in [9.17, 15) is 4.39 Å². The Bertz CT molecular complexity index is 479. The number of hydrogen-bond donors (Lipinski definition) is 1. The van der Waals surface area contributed by atoms with Crippen molar-refractivity contribution in [2.75, 3.05) is 0 Å². The molecule has 2 aromatic rings. The zero-order chi connectivity index (χ0) is 11.5. The molecule has 2 N–H and O–H groups in total. The largest absolute Gasteiger partial charge is 0.336 e.